The van der Waals surface area contributed by atoms with Gasteiger partial charge in [0.05, 0.1) is 18.0 Å². The molecule has 0 saturated carbocycles. The van der Waals surface area contributed by atoms with Gasteiger partial charge < -0.3 is 5.11 Å². The highest BCUT2D eigenvalue weighted by Crippen LogP contribution is 2.28. The molecular weight excluding hydrogens is 255 g/mol. The van der Waals surface area contributed by atoms with E-state index in [-0.39, 0.29) is 18.3 Å². The topological polar surface area (TPSA) is 46.0 Å². The van der Waals surface area contributed by atoms with E-state index >= 15 is 0 Å². The van der Waals surface area contributed by atoms with Crippen LogP contribution in [0.3, 0.4) is 0 Å². The van der Waals surface area contributed by atoms with Gasteiger partial charge in [-0.2, -0.15) is 0 Å². The van der Waals surface area contributed by atoms with Crippen LogP contribution < -0.4 is 0 Å². The number of hydrogen-bond acceptors (Lipinski definition) is 3. The van der Waals surface area contributed by atoms with E-state index in [9.17, 15) is 4.39 Å². The van der Waals surface area contributed by atoms with Gasteiger partial charge >= 0.3 is 0 Å². The average Bonchev–Trinajstić information content (AvgIpc) is 2.45. The minimum atomic E-state index is -0.278. The van der Waals surface area contributed by atoms with Crippen LogP contribution >= 0.6 is 0 Å². The van der Waals surface area contributed by atoms with Gasteiger partial charge in [0, 0.05) is 11.1 Å². The summed E-state index contributed by atoms with van der Waals surface area (Å²) in [7, 11) is 0. The zero-order valence-corrected chi connectivity index (χ0v) is 11.5. The molecule has 0 aliphatic heterocycles. The first-order chi connectivity index (χ1) is 9.63. The Balaban J connectivity index is 2.59. The van der Waals surface area contributed by atoms with E-state index < -0.39 is 0 Å². The maximum absolute atomic E-state index is 13.0. The fourth-order valence-electron chi connectivity index (χ4n) is 2.04. The SMILES string of the molecule is CC(C)c1ncnc(-c2ccc(F)cc2)c1C=CCO. The van der Waals surface area contributed by atoms with Gasteiger partial charge in [-0.05, 0) is 30.2 Å². The molecule has 1 aromatic heterocycles. The second-order valence-corrected chi connectivity index (χ2v) is 4.77. The molecule has 0 aliphatic rings. The van der Waals surface area contributed by atoms with Crippen molar-refractivity contribution in [3.63, 3.8) is 0 Å². The molecule has 1 heterocycles. The minimum Gasteiger partial charge on any atom is -0.392 e. The normalized spacial score (nSPS) is 11.4. The molecule has 0 radical (unpaired) electrons. The predicted octanol–water partition coefficient (Wildman–Crippen LogP) is 3.41. The first kappa shape index (κ1) is 14.3. The monoisotopic (exact) mass is 272 g/mol. The number of halogens is 1. The number of aromatic nitrogens is 2. The second kappa shape index (κ2) is 6.39. The summed E-state index contributed by atoms with van der Waals surface area (Å²) in [6, 6.07) is 6.20. The van der Waals surface area contributed by atoms with Gasteiger partial charge in [-0.25, -0.2) is 14.4 Å². The number of hydrogen-bond donors (Lipinski definition) is 1. The molecule has 0 spiro atoms. The summed E-state index contributed by atoms with van der Waals surface area (Å²) in [5.74, 6) is -0.0464. The Morgan fingerprint density at radius 2 is 1.90 bits per heavy atom. The van der Waals surface area contributed by atoms with Crippen LogP contribution in [0, 0.1) is 5.82 Å². The van der Waals surface area contributed by atoms with E-state index in [1.54, 1.807) is 18.2 Å². The van der Waals surface area contributed by atoms with Crippen molar-refractivity contribution in [2.45, 2.75) is 19.8 Å². The molecule has 3 nitrogen and oxygen atoms in total. The van der Waals surface area contributed by atoms with Gasteiger partial charge in [-0.1, -0.05) is 26.0 Å². The highest BCUT2D eigenvalue weighted by atomic mass is 19.1. The summed E-state index contributed by atoms with van der Waals surface area (Å²) in [6.07, 6.45) is 4.98. The van der Waals surface area contributed by atoms with E-state index in [1.165, 1.54) is 18.5 Å². The quantitative estimate of drug-likeness (QED) is 0.927. The van der Waals surface area contributed by atoms with Crippen LogP contribution in [0.2, 0.25) is 0 Å². The molecule has 0 saturated heterocycles. The Hall–Kier alpha value is -2.07. The molecule has 0 fully saturated rings. The average molecular weight is 272 g/mol. The zero-order valence-electron chi connectivity index (χ0n) is 11.5. The van der Waals surface area contributed by atoms with Crippen molar-refractivity contribution in [1.29, 1.82) is 0 Å². The van der Waals surface area contributed by atoms with Gasteiger partial charge in [0.25, 0.3) is 0 Å². The first-order valence-corrected chi connectivity index (χ1v) is 6.51. The Morgan fingerprint density at radius 3 is 2.50 bits per heavy atom. The van der Waals surface area contributed by atoms with Crippen LogP contribution in [-0.2, 0) is 0 Å². The van der Waals surface area contributed by atoms with Crippen molar-refractivity contribution >= 4 is 6.08 Å². The number of rotatable bonds is 4. The molecule has 0 unspecified atom stereocenters. The van der Waals surface area contributed by atoms with Gasteiger partial charge in [0.15, 0.2) is 0 Å². The van der Waals surface area contributed by atoms with Crippen LogP contribution in [0.4, 0.5) is 4.39 Å². The zero-order chi connectivity index (χ0) is 14.5. The Bertz CT molecular complexity index is 606. The van der Waals surface area contributed by atoms with Gasteiger partial charge in [0.2, 0.25) is 0 Å². The molecule has 4 heteroatoms. The molecule has 0 bridgehead atoms. The predicted molar refractivity (Wildman–Crippen MR) is 77.6 cm³/mol. The summed E-state index contributed by atoms with van der Waals surface area (Å²) in [5.41, 5.74) is 3.34. The first-order valence-electron chi connectivity index (χ1n) is 6.51. The number of nitrogens with zero attached hydrogens (tertiary/aromatic N) is 2. The molecule has 104 valence electrons. The molecular formula is C16H17FN2O. The molecule has 1 N–H and O–H groups in total. The third kappa shape index (κ3) is 3.08. The molecule has 0 atom stereocenters. The van der Waals surface area contributed by atoms with Crippen LogP contribution in [0.15, 0.2) is 36.7 Å². The van der Waals surface area contributed by atoms with Gasteiger partial charge in [0.1, 0.15) is 12.1 Å². The summed E-state index contributed by atoms with van der Waals surface area (Å²) < 4.78 is 13.0. The van der Waals surface area contributed by atoms with Crippen LogP contribution in [-0.4, -0.2) is 21.7 Å². The summed E-state index contributed by atoms with van der Waals surface area (Å²) in [4.78, 5) is 8.62. The molecule has 2 rings (SSSR count). The highest BCUT2D eigenvalue weighted by molar-refractivity contribution is 5.73. The Kier molecular flexibility index (Phi) is 4.58. The van der Waals surface area contributed by atoms with Crippen LogP contribution in [0.1, 0.15) is 31.0 Å². The number of benzene rings is 1. The van der Waals surface area contributed by atoms with Crippen molar-refractivity contribution in [1.82, 2.24) is 9.97 Å². The van der Waals surface area contributed by atoms with Crippen molar-refractivity contribution in [3.8, 4) is 11.3 Å². The largest absolute Gasteiger partial charge is 0.392 e. The van der Waals surface area contributed by atoms with E-state index in [1.807, 2.05) is 19.9 Å². The lowest BCUT2D eigenvalue weighted by atomic mass is 9.98. The maximum Gasteiger partial charge on any atom is 0.123 e. The summed E-state index contributed by atoms with van der Waals surface area (Å²) >= 11 is 0. The molecule has 1 aromatic carbocycles. The maximum atomic E-state index is 13.0. The third-order valence-electron chi connectivity index (χ3n) is 2.97. The molecule has 2 aromatic rings. The lowest BCUT2D eigenvalue weighted by Gasteiger charge is -2.12. The van der Waals surface area contributed by atoms with Crippen LogP contribution in [0.5, 0.6) is 0 Å². The van der Waals surface area contributed by atoms with E-state index in [4.69, 9.17) is 5.11 Å². The standard InChI is InChI=1S/C16H17FN2O/c1-11(2)15-14(4-3-9-20)16(19-10-18-15)12-5-7-13(17)8-6-12/h3-8,10-11,20H,9H2,1-2H3. The number of aliphatic hydroxyl groups is 1. The Labute approximate surface area is 117 Å². The second-order valence-electron chi connectivity index (χ2n) is 4.77. The lowest BCUT2D eigenvalue weighted by molar-refractivity contribution is 0.343. The molecule has 0 amide bonds. The van der Waals surface area contributed by atoms with Gasteiger partial charge in [-0.15, -0.1) is 0 Å². The van der Waals surface area contributed by atoms with Crippen LogP contribution in [0.25, 0.3) is 17.3 Å². The van der Waals surface area contributed by atoms with Crippen molar-refractivity contribution < 1.29 is 9.50 Å². The van der Waals surface area contributed by atoms with Crippen molar-refractivity contribution in [2.75, 3.05) is 6.61 Å². The minimum absolute atomic E-state index is 0.0463. The third-order valence-corrected chi connectivity index (χ3v) is 2.97. The van der Waals surface area contributed by atoms with E-state index in [0.29, 0.717) is 0 Å². The summed E-state index contributed by atoms with van der Waals surface area (Å²) in [6.45, 7) is 4.05. The highest BCUT2D eigenvalue weighted by Gasteiger charge is 2.13. The molecule has 0 aliphatic carbocycles. The number of aliphatic hydroxyl groups excluding tert-OH is 1. The molecule has 20 heavy (non-hydrogen) atoms. The smallest absolute Gasteiger partial charge is 0.123 e. The van der Waals surface area contributed by atoms with Crippen molar-refractivity contribution in [2.24, 2.45) is 0 Å². The van der Waals surface area contributed by atoms with Gasteiger partial charge in [-0.3, -0.25) is 0 Å². The summed E-state index contributed by atoms with van der Waals surface area (Å²) in [5, 5.41) is 8.98. The van der Waals surface area contributed by atoms with Crippen molar-refractivity contribution in [3.05, 3.63) is 53.7 Å². The fraction of sp³-hybridized carbons (Fsp3) is 0.250. The fourth-order valence-corrected chi connectivity index (χ4v) is 2.04. The van der Waals surface area contributed by atoms with E-state index in [0.717, 1.165) is 22.5 Å². The van der Waals surface area contributed by atoms with E-state index in [2.05, 4.69) is 9.97 Å². The Morgan fingerprint density at radius 1 is 1.20 bits per heavy atom. The lowest BCUT2D eigenvalue weighted by Crippen LogP contribution is -2.01.